The lowest BCUT2D eigenvalue weighted by molar-refractivity contribution is 0.685. The molecule has 0 atom stereocenters. The Morgan fingerprint density at radius 3 is 3.19 bits per heavy atom. The van der Waals surface area contributed by atoms with E-state index in [9.17, 15) is 0 Å². The summed E-state index contributed by atoms with van der Waals surface area (Å²) < 4.78 is 2.36. The second-order valence-electron chi connectivity index (χ2n) is 4.09. The Labute approximate surface area is 98.9 Å². The van der Waals surface area contributed by atoms with Crippen LogP contribution in [-0.4, -0.2) is 16.1 Å². The van der Waals surface area contributed by atoms with Gasteiger partial charge < -0.3 is 10.3 Å². The van der Waals surface area contributed by atoms with Gasteiger partial charge in [0.1, 0.15) is 11.5 Å². The van der Waals surface area contributed by atoms with Gasteiger partial charge in [-0.05, 0) is 30.8 Å². The topological polar surface area (TPSA) is 43.8 Å². The Bertz CT molecular complexity index is 485. The molecule has 16 heavy (non-hydrogen) atoms. The predicted molar refractivity (Wildman–Crippen MR) is 66.6 cm³/mol. The molecule has 2 aromatic heterocycles. The van der Waals surface area contributed by atoms with Crippen LogP contribution in [0.5, 0.6) is 0 Å². The first kappa shape index (κ1) is 10.1. The van der Waals surface area contributed by atoms with Gasteiger partial charge in [-0.2, -0.15) is 0 Å². The van der Waals surface area contributed by atoms with Crippen LogP contribution in [0.1, 0.15) is 17.9 Å². The molecule has 0 saturated heterocycles. The van der Waals surface area contributed by atoms with Crippen LogP contribution in [0.15, 0.2) is 17.5 Å². The predicted octanol–water partition coefficient (Wildman–Crippen LogP) is 2.06. The van der Waals surface area contributed by atoms with Gasteiger partial charge in [0.15, 0.2) is 0 Å². The van der Waals surface area contributed by atoms with E-state index < -0.39 is 0 Å². The van der Waals surface area contributed by atoms with Crippen molar-refractivity contribution in [2.24, 2.45) is 5.73 Å². The van der Waals surface area contributed by atoms with Gasteiger partial charge in [0.05, 0.1) is 4.88 Å². The molecule has 0 bridgehead atoms. The number of imidazole rings is 1. The van der Waals surface area contributed by atoms with Crippen molar-refractivity contribution in [2.45, 2.75) is 25.8 Å². The van der Waals surface area contributed by atoms with Crippen molar-refractivity contribution in [1.29, 1.82) is 0 Å². The van der Waals surface area contributed by atoms with Crippen molar-refractivity contribution in [3.8, 4) is 10.6 Å². The van der Waals surface area contributed by atoms with E-state index >= 15 is 0 Å². The summed E-state index contributed by atoms with van der Waals surface area (Å²) in [6.07, 6.45) is 3.29. The first-order chi connectivity index (χ1) is 7.90. The molecule has 0 fully saturated rings. The summed E-state index contributed by atoms with van der Waals surface area (Å²) in [5.41, 5.74) is 8.23. The molecule has 3 nitrogen and oxygen atoms in total. The van der Waals surface area contributed by atoms with Crippen molar-refractivity contribution in [1.82, 2.24) is 9.55 Å². The SMILES string of the molecule is NCCc1nc(-c2cccs2)c2n1CCC2. The van der Waals surface area contributed by atoms with Crippen LogP contribution in [-0.2, 0) is 19.4 Å². The largest absolute Gasteiger partial charge is 0.331 e. The molecule has 1 aliphatic heterocycles. The van der Waals surface area contributed by atoms with E-state index in [-0.39, 0.29) is 0 Å². The fourth-order valence-corrected chi connectivity index (χ4v) is 3.13. The van der Waals surface area contributed by atoms with Gasteiger partial charge in [0, 0.05) is 18.7 Å². The molecule has 4 heteroatoms. The van der Waals surface area contributed by atoms with E-state index in [1.807, 2.05) is 0 Å². The maximum Gasteiger partial charge on any atom is 0.110 e. The Balaban J connectivity index is 2.09. The highest BCUT2D eigenvalue weighted by Gasteiger charge is 2.21. The Morgan fingerprint density at radius 2 is 2.44 bits per heavy atom. The molecule has 0 unspecified atom stereocenters. The quantitative estimate of drug-likeness (QED) is 0.882. The third-order valence-corrected chi connectivity index (χ3v) is 3.95. The van der Waals surface area contributed by atoms with Gasteiger partial charge in [-0.1, -0.05) is 6.07 Å². The zero-order chi connectivity index (χ0) is 11.0. The summed E-state index contributed by atoms with van der Waals surface area (Å²) in [4.78, 5) is 6.04. The van der Waals surface area contributed by atoms with Gasteiger partial charge >= 0.3 is 0 Å². The molecule has 0 amide bonds. The molecule has 0 spiro atoms. The van der Waals surface area contributed by atoms with Crippen molar-refractivity contribution in [2.75, 3.05) is 6.54 Å². The second-order valence-corrected chi connectivity index (χ2v) is 5.04. The van der Waals surface area contributed by atoms with Crippen LogP contribution < -0.4 is 5.73 Å². The van der Waals surface area contributed by atoms with Crippen LogP contribution in [0.3, 0.4) is 0 Å². The molecule has 2 N–H and O–H groups in total. The second kappa shape index (κ2) is 4.03. The summed E-state index contributed by atoms with van der Waals surface area (Å²) in [6, 6.07) is 4.24. The lowest BCUT2D eigenvalue weighted by atomic mass is 10.2. The zero-order valence-electron chi connectivity index (χ0n) is 9.15. The standard InChI is InChI=1S/C12H15N3S/c13-6-5-11-14-12(10-4-2-8-16-10)9-3-1-7-15(9)11/h2,4,8H,1,3,5-7,13H2. The molecule has 0 radical (unpaired) electrons. The van der Waals surface area contributed by atoms with E-state index in [1.54, 1.807) is 11.3 Å². The molecule has 0 aromatic carbocycles. The minimum absolute atomic E-state index is 0.681. The van der Waals surface area contributed by atoms with Gasteiger partial charge in [-0.25, -0.2) is 4.98 Å². The number of nitrogens with two attached hydrogens (primary N) is 1. The van der Waals surface area contributed by atoms with E-state index in [0.29, 0.717) is 6.54 Å². The van der Waals surface area contributed by atoms with Crippen LogP contribution in [0.4, 0.5) is 0 Å². The molecule has 1 aliphatic rings. The number of aromatic nitrogens is 2. The highest BCUT2D eigenvalue weighted by Crippen LogP contribution is 2.32. The summed E-state index contributed by atoms with van der Waals surface area (Å²) in [5, 5.41) is 2.11. The first-order valence-corrected chi connectivity index (χ1v) is 6.60. The highest BCUT2D eigenvalue weighted by molar-refractivity contribution is 7.13. The third-order valence-electron chi connectivity index (χ3n) is 3.07. The molecule has 84 valence electrons. The average Bonchev–Trinajstić information content (AvgIpc) is 2.94. The molecule has 0 saturated carbocycles. The summed E-state index contributed by atoms with van der Waals surface area (Å²) in [7, 11) is 0. The Hall–Kier alpha value is -1.13. The van der Waals surface area contributed by atoms with Gasteiger partial charge in [0.2, 0.25) is 0 Å². The molecular weight excluding hydrogens is 218 g/mol. The van der Waals surface area contributed by atoms with Crippen LogP contribution in [0.25, 0.3) is 10.6 Å². The highest BCUT2D eigenvalue weighted by atomic mass is 32.1. The van der Waals surface area contributed by atoms with E-state index in [4.69, 9.17) is 10.7 Å². The number of fused-ring (bicyclic) bond motifs is 1. The van der Waals surface area contributed by atoms with Crippen molar-refractivity contribution >= 4 is 11.3 Å². The van der Waals surface area contributed by atoms with Gasteiger partial charge in [-0.15, -0.1) is 11.3 Å². The summed E-state index contributed by atoms with van der Waals surface area (Å²) in [6.45, 7) is 1.80. The van der Waals surface area contributed by atoms with Crippen molar-refractivity contribution in [3.05, 3.63) is 29.0 Å². The monoisotopic (exact) mass is 233 g/mol. The fourth-order valence-electron chi connectivity index (χ4n) is 2.39. The van der Waals surface area contributed by atoms with E-state index in [0.717, 1.165) is 19.4 Å². The molecule has 2 aromatic rings. The number of hydrogen-bond donors (Lipinski definition) is 1. The maximum atomic E-state index is 5.63. The molecule has 0 aliphatic carbocycles. The maximum absolute atomic E-state index is 5.63. The molecule has 3 rings (SSSR count). The van der Waals surface area contributed by atoms with Crippen LogP contribution >= 0.6 is 11.3 Å². The fraction of sp³-hybridized carbons (Fsp3) is 0.417. The molecule has 3 heterocycles. The van der Waals surface area contributed by atoms with Crippen LogP contribution in [0.2, 0.25) is 0 Å². The average molecular weight is 233 g/mol. The minimum atomic E-state index is 0.681. The number of hydrogen-bond acceptors (Lipinski definition) is 3. The van der Waals surface area contributed by atoms with E-state index in [2.05, 4.69) is 22.1 Å². The number of rotatable bonds is 3. The summed E-state index contributed by atoms with van der Waals surface area (Å²) in [5.74, 6) is 1.17. The third kappa shape index (κ3) is 1.49. The smallest absolute Gasteiger partial charge is 0.110 e. The van der Waals surface area contributed by atoms with Gasteiger partial charge in [0.25, 0.3) is 0 Å². The normalized spacial score (nSPS) is 14.3. The Morgan fingerprint density at radius 1 is 1.50 bits per heavy atom. The number of thiophene rings is 1. The lowest BCUT2D eigenvalue weighted by Gasteiger charge is -2.00. The Kier molecular flexibility index (Phi) is 2.53. The van der Waals surface area contributed by atoms with Crippen molar-refractivity contribution < 1.29 is 0 Å². The van der Waals surface area contributed by atoms with E-state index in [1.165, 1.54) is 28.5 Å². The summed E-state index contributed by atoms with van der Waals surface area (Å²) >= 11 is 1.77. The molecular formula is C12H15N3S. The number of nitrogens with zero attached hydrogens (tertiary/aromatic N) is 2. The zero-order valence-corrected chi connectivity index (χ0v) is 9.96. The van der Waals surface area contributed by atoms with Crippen molar-refractivity contribution in [3.63, 3.8) is 0 Å². The first-order valence-electron chi connectivity index (χ1n) is 5.72. The van der Waals surface area contributed by atoms with Gasteiger partial charge in [-0.3, -0.25) is 0 Å². The lowest BCUT2D eigenvalue weighted by Crippen LogP contribution is -2.08. The minimum Gasteiger partial charge on any atom is -0.331 e. The van der Waals surface area contributed by atoms with Crippen LogP contribution in [0, 0.1) is 0 Å².